The van der Waals surface area contributed by atoms with Crippen molar-refractivity contribution in [3.05, 3.63) is 143 Å². The van der Waals surface area contributed by atoms with Gasteiger partial charge in [0.25, 0.3) is 0 Å². The maximum Gasteiger partial charge on any atom is 0.347 e. The number of benzene rings is 4. The van der Waals surface area contributed by atoms with Crippen molar-refractivity contribution < 1.29 is 9.52 Å². The average molecular weight is 449 g/mol. The first-order valence-electron chi connectivity index (χ1n) is 10.7. The van der Waals surface area contributed by atoms with Crippen LogP contribution >= 0.6 is 7.26 Å². The zero-order valence-electron chi connectivity index (χ0n) is 17.8. The maximum absolute atomic E-state index is 12.8. The van der Waals surface area contributed by atoms with Crippen LogP contribution in [0, 0.1) is 0 Å². The van der Waals surface area contributed by atoms with Crippen LogP contribution in [-0.2, 0) is 0 Å². The Bertz CT molecular complexity index is 1380. The van der Waals surface area contributed by atoms with Crippen LogP contribution in [0.15, 0.2) is 136 Å². The number of hydrogen-bond donors (Lipinski definition) is 1. The standard InChI is InChI=1S/C29H21O3P/c30-27(26-20-22-12-10-11-19-28(22)32-29(26)31)21-33(23-13-4-1-5-14-23,24-15-6-2-7-16-24)25-17-8-3-9-18-25/h1-21H/p+1/b27-21-. The molecule has 0 aliphatic carbocycles. The quantitative estimate of drug-likeness (QED) is 0.215. The first-order chi connectivity index (χ1) is 16.2. The van der Waals surface area contributed by atoms with Gasteiger partial charge in [-0.25, -0.2) is 4.79 Å². The van der Waals surface area contributed by atoms with Gasteiger partial charge in [-0.05, 0) is 48.5 Å². The molecule has 3 nitrogen and oxygen atoms in total. The minimum Gasteiger partial charge on any atom is -0.504 e. The largest absolute Gasteiger partial charge is 0.504 e. The summed E-state index contributed by atoms with van der Waals surface area (Å²) in [5, 5.41) is 15.4. The van der Waals surface area contributed by atoms with Crippen molar-refractivity contribution in [1.82, 2.24) is 0 Å². The van der Waals surface area contributed by atoms with Crippen LogP contribution in [0.5, 0.6) is 0 Å². The third-order valence-corrected chi connectivity index (χ3v) is 9.69. The number of fused-ring (bicyclic) bond motifs is 1. The Morgan fingerprint density at radius 1 is 0.667 bits per heavy atom. The van der Waals surface area contributed by atoms with Gasteiger partial charge in [0.2, 0.25) is 0 Å². The van der Waals surface area contributed by atoms with Crippen LogP contribution in [-0.4, -0.2) is 5.11 Å². The molecule has 4 heteroatoms. The molecule has 160 valence electrons. The summed E-state index contributed by atoms with van der Waals surface area (Å²) < 4.78 is 5.50. The molecule has 0 spiro atoms. The van der Waals surface area contributed by atoms with E-state index in [1.54, 1.807) is 12.1 Å². The highest BCUT2D eigenvalue weighted by Gasteiger charge is 2.44. The molecule has 1 N–H and O–H groups in total. The highest BCUT2D eigenvalue weighted by molar-refractivity contribution is 7.98. The second kappa shape index (κ2) is 8.90. The minimum absolute atomic E-state index is 0.0839. The molecule has 0 atom stereocenters. The Morgan fingerprint density at radius 3 is 1.64 bits per heavy atom. The van der Waals surface area contributed by atoms with E-state index in [1.165, 1.54) is 0 Å². The van der Waals surface area contributed by atoms with Crippen LogP contribution in [0.25, 0.3) is 16.7 Å². The molecule has 0 saturated carbocycles. The molecule has 0 radical (unpaired) electrons. The van der Waals surface area contributed by atoms with Crippen molar-refractivity contribution in [3.63, 3.8) is 0 Å². The van der Waals surface area contributed by atoms with Crippen LogP contribution in [0.1, 0.15) is 5.56 Å². The molecule has 0 aliphatic rings. The average Bonchev–Trinajstić information content (AvgIpc) is 2.88. The lowest BCUT2D eigenvalue weighted by Gasteiger charge is -2.24. The van der Waals surface area contributed by atoms with E-state index in [0.29, 0.717) is 5.58 Å². The van der Waals surface area contributed by atoms with Crippen LogP contribution in [0.2, 0.25) is 0 Å². The van der Waals surface area contributed by atoms with E-state index in [0.717, 1.165) is 21.3 Å². The molecular weight excluding hydrogens is 427 g/mol. The summed E-state index contributed by atoms with van der Waals surface area (Å²) in [5.41, 5.74) is 0.0879. The molecule has 5 aromatic rings. The molecule has 0 bridgehead atoms. The highest BCUT2D eigenvalue weighted by atomic mass is 31.2. The van der Waals surface area contributed by atoms with Crippen molar-refractivity contribution in [3.8, 4) is 0 Å². The molecular formula is C29H22O3P+. The lowest BCUT2D eigenvalue weighted by molar-refractivity contribution is 0.498. The smallest absolute Gasteiger partial charge is 0.347 e. The Labute approximate surface area is 192 Å². The number of rotatable bonds is 5. The summed E-state index contributed by atoms with van der Waals surface area (Å²) in [6, 6.07) is 39.5. The first-order valence-corrected chi connectivity index (χ1v) is 12.5. The van der Waals surface area contributed by atoms with E-state index in [4.69, 9.17) is 4.42 Å². The molecule has 0 fully saturated rings. The van der Waals surface area contributed by atoms with Gasteiger partial charge in [0, 0.05) is 5.39 Å². The highest BCUT2D eigenvalue weighted by Crippen LogP contribution is 2.58. The number of aliphatic hydroxyl groups excluding tert-OH is 1. The van der Waals surface area contributed by atoms with Gasteiger partial charge in [-0.2, -0.15) is 0 Å². The molecule has 1 aromatic heterocycles. The van der Waals surface area contributed by atoms with Crippen molar-refractivity contribution in [2.24, 2.45) is 0 Å². The van der Waals surface area contributed by atoms with E-state index in [1.807, 2.05) is 78.6 Å². The summed E-state index contributed by atoms with van der Waals surface area (Å²) in [7, 11) is -2.45. The van der Waals surface area contributed by atoms with Crippen molar-refractivity contribution in [2.45, 2.75) is 0 Å². The number of aliphatic hydroxyl groups is 1. The second-order valence-electron chi connectivity index (χ2n) is 7.73. The van der Waals surface area contributed by atoms with Crippen molar-refractivity contribution in [2.75, 3.05) is 0 Å². The van der Waals surface area contributed by atoms with E-state index in [2.05, 4.69) is 36.4 Å². The van der Waals surface area contributed by atoms with Gasteiger partial charge in [0.05, 0.1) is 0 Å². The van der Waals surface area contributed by atoms with E-state index in [-0.39, 0.29) is 11.3 Å². The summed E-state index contributed by atoms with van der Waals surface area (Å²) >= 11 is 0. The van der Waals surface area contributed by atoms with E-state index < -0.39 is 12.9 Å². The van der Waals surface area contributed by atoms with Crippen molar-refractivity contribution >= 4 is 39.9 Å². The maximum atomic E-state index is 12.8. The Morgan fingerprint density at radius 2 is 1.12 bits per heavy atom. The Kier molecular flexibility index (Phi) is 5.64. The van der Waals surface area contributed by atoms with Crippen molar-refractivity contribution in [1.29, 1.82) is 0 Å². The Balaban J connectivity index is 1.82. The molecule has 4 aromatic carbocycles. The molecule has 0 aliphatic heterocycles. The summed E-state index contributed by atoms with van der Waals surface area (Å²) in [6.45, 7) is 0. The third-order valence-electron chi connectivity index (χ3n) is 5.72. The lowest BCUT2D eigenvalue weighted by Crippen LogP contribution is -2.30. The topological polar surface area (TPSA) is 50.4 Å². The van der Waals surface area contributed by atoms with Gasteiger partial charge >= 0.3 is 5.63 Å². The molecule has 0 unspecified atom stereocenters. The SMILES string of the molecule is O=c1oc2ccccc2cc1/C(O)=C/[P+](c1ccccc1)(c1ccccc1)c1ccccc1. The fourth-order valence-corrected chi connectivity index (χ4v) is 7.93. The molecule has 1 heterocycles. The first kappa shape index (κ1) is 20.9. The van der Waals surface area contributed by atoms with E-state index in [9.17, 15) is 9.90 Å². The van der Waals surface area contributed by atoms with Gasteiger partial charge in [-0.1, -0.05) is 72.8 Å². The van der Waals surface area contributed by atoms with Gasteiger partial charge in [-0.3, -0.25) is 0 Å². The lowest BCUT2D eigenvalue weighted by atomic mass is 10.2. The van der Waals surface area contributed by atoms with Crippen LogP contribution in [0.4, 0.5) is 0 Å². The predicted molar refractivity (Wildman–Crippen MR) is 138 cm³/mol. The number of para-hydroxylation sites is 1. The van der Waals surface area contributed by atoms with Gasteiger partial charge < -0.3 is 9.52 Å². The third kappa shape index (κ3) is 3.88. The van der Waals surface area contributed by atoms with Gasteiger partial charge in [0.15, 0.2) is 5.76 Å². The summed E-state index contributed by atoms with van der Waals surface area (Å²) in [4.78, 5) is 12.8. The van der Waals surface area contributed by atoms with E-state index >= 15 is 0 Å². The normalized spacial score (nSPS) is 12.1. The zero-order chi connectivity index (χ0) is 22.7. The molecule has 33 heavy (non-hydrogen) atoms. The molecule has 0 amide bonds. The zero-order valence-corrected chi connectivity index (χ0v) is 18.7. The predicted octanol–water partition coefficient (Wildman–Crippen LogP) is 5.64. The Hall–Kier alpha value is -3.94. The monoisotopic (exact) mass is 449 g/mol. The molecule has 0 saturated heterocycles. The second-order valence-corrected chi connectivity index (χ2v) is 11.0. The van der Waals surface area contributed by atoms with Gasteiger partial charge in [0.1, 0.15) is 40.1 Å². The summed E-state index contributed by atoms with van der Waals surface area (Å²) in [6.07, 6.45) is 0. The number of hydrogen-bond acceptors (Lipinski definition) is 3. The van der Waals surface area contributed by atoms with Crippen LogP contribution in [0.3, 0.4) is 0 Å². The summed E-state index contributed by atoms with van der Waals surface area (Å²) in [5.74, 6) is 1.79. The van der Waals surface area contributed by atoms with Gasteiger partial charge in [-0.15, -0.1) is 0 Å². The minimum atomic E-state index is -2.45. The fourth-order valence-electron chi connectivity index (χ4n) is 4.15. The van der Waals surface area contributed by atoms with Crippen LogP contribution < -0.4 is 21.5 Å². The fraction of sp³-hybridized carbons (Fsp3) is 0. The molecule has 5 rings (SSSR count).